The summed E-state index contributed by atoms with van der Waals surface area (Å²) in [6, 6.07) is 13.2. The molecular weight excluding hydrogens is 390 g/mol. The van der Waals surface area contributed by atoms with Crippen molar-refractivity contribution in [3.8, 4) is 0 Å². The van der Waals surface area contributed by atoms with E-state index in [0.29, 0.717) is 37.0 Å². The van der Waals surface area contributed by atoms with Crippen molar-refractivity contribution in [2.24, 2.45) is 0 Å². The van der Waals surface area contributed by atoms with Gasteiger partial charge in [0.15, 0.2) is 0 Å². The highest BCUT2D eigenvalue weighted by Crippen LogP contribution is 2.19. The molecule has 1 fully saturated rings. The van der Waals surface area contributed by atoms with E-state index in [9.17, 15) is 13.2 Å². The number of halogens is 1. The summed E-state index contributed by atoms with van der Waals surface area (Å²) in [5, 5.41) is 6.33. The van der Waals surface area contributed by atoms with Gasteiger partial charge in [-0.05, 0) is 48.5 Å². The second-order valence-corrected chi connectivity index (χ2v) is 8.32. The van der Waals surface area contributed by atoms with E-state index in [-0.39, 0.29) is 17.3 Å². The van der Waals surface area contributed by atoms with Crippen LogP contribution in [-0.4, -0.2) is 51.5 Å². The summed E-state index contributed by atoms with van der Waals surface area (Å²) < 4.78 is 31.7. The van der Waals surface area contributed by atoms with E-state index in [2.05, 4.69) is 10.6 Å². The van der Waals surface area contributed by atoms with Crippen molar-refractivity contribution in [2.75, 3.05) is 43.5 Å². The van der Waals surface area contributed by atoms with Crippen molar-refractivity contribution >= 4 is 38.9 Å². The molecular formula is C18H20ClN3O4S. The number of morpholine rings is 1. The average molecular weight is 410 g/mol. The molecule has 2 aromatic rings. The normalized spacial score (nSPS) is 15.3. The summed E-state index contributed by atoms with van der Waals surface area (Å²) in [6.07, 6.45) is 0. The second kappa shape index (κ2) is 8.71. The number of rotatable bonds is 6. The molecule has 0 atom stereocenters. The van der Waals surface area contributed by atoms with Gasteiger partial charge in [-0.25, -0.2) is 8.42 Å². The van der Waals surface area contributed by atoms with Crippen molar-refractivity contribution in [1.82, 2.24) is 4.31 Å². The van der Waals surface area contributed by atoms with Crippen LogP contribution in [0.15, 0.2) is 53.4 Å². The predicted octanol–water partition coefficient (Wildman–Crippen LogP) is 2.41. The van der Waals surface area contributed by atoms with E-state index in [1.54, 1.807) is 36.4 Å². The highest BCUT2D eigenvalue weighted by atomic mass is 35.5. The van der Waals surface area contributed by atoms with Gasteiger partial charge in [0.1, 0.15) is 0 Å². The van der Waals surface area contributed by atoms with E-state index in [4.69, 9.17) is 16.3 Å². The first-order chi connectivity index (χ1) is 12.9. The number of amides is 1. The summed E-state index contributed by atoms with van der Waals surface area (Å²) in [6.45, 7) is 1.56. The van der Waals surface area contributed by atoms with Crippen LogP contribution in [0.2, 0.25) is 5.02 Å². The zero-order chi connectivity index (χ0) is 19.3. The number of anilines is 2. The molecule has 1 aliphatic heterocycles. The van der Waals surface area contributed by atoms with Gasteiger partial charge in [0, 0.05) is 29.5 Å². The predicted molar refractivity (Wildman–Crippen MR) is 105 cm³/mol. The van der Waals surface area contributed by atoms with Gasteiger partial charge >= 0.3 is 0 Å². The summed E-state index contributed by atoms with van der Waals surface area (Å²) in [5.74, 6) is -0.242. The van der Waals surface area contributed by atoms with Gasteiger partial charge < -0.3 is 15.4 Å². The Balaban J connectivity index is 1.56. The highest BCUT2D eigenvalue weighted by molar-refractivity contribution is 7.89. The Morgan fingerprint density at radius 2 is 1.59 bits per heavy atom. The first kappa shape index (κ1) is 19.6. The van der Waals surface area contributed by atoms with Gasteiger partial charge in [-0.3, -0.25) is 4.79 Å². The van der Waals surface area contributed by atoms with E-state index in [1.165, 1.54) is 16.4 Å². The van der Waals surface area contributed by atoms with Crippen molar-refractivity contribution < 1.29 is 17.9 Å². The monoisotopic (exact) mass is 409 g/mol. The lowest BCUT2D eigenvalue weighted by atomic mass is 10.3. The van der Waals surface area contributed by atoms with Crippen molar-refractivity contribution in [3.05, 3.63) is 53.6 Å². The first-order valence-corrected chi connectivity index (χ1v) is 10.2. The molecule has 9 heteroatoms. The van der Waals surface area contributed by atoms with Crippen LogP contribution in [0.1, 0.15) is 0 Å². The van der Waals surface area contributed by atoms with Crippen molar-refractivity contribution in [2.45, 2.75) is 4.90 Å². The van der Waals surface area contributed by atoms with E-state index in [0.717, 1.165) is 5.69 Å². The van der Waals surface area contributed by atoms with Crippen LogP contribution in [0.4, 0.5) is 11.4 Å². The number of carbonyl (C=O) groups excluding carboxylic acids is 1. The Bertz CT molecular complexity index is 880. The van der Waals surface area contributed by atoms with E-state index in [1.807, 2.05) is 0 Å². The molecule has 27 heavy (non-hydrogen) atoms. The largest absolute Gasteiger partial charge is 0.379 e. The molecule has 1 aliphatic rings. The fraction of sp³-hybridized carbons (Fsp3) is 0.278. The number of nitrogens with one attached hydrogen (secondary N) is 2. The summed E-state index contributed by atoms with van der Waals surface area (Å²) in [4.78, 5) is 12.2. The number of hydrogen-bond donors (Lipinski definition) is 2. The quantitative estimate of drug-likeness (QED) is 0.765. The molecule has 0 radical (unpaired) electrons. The van der Waals surface area contributed by atoms with Gasteiger partial charge in [-0.15, -0.1) is 0 Å². The zero-order valence-electron chi connectivity index (χ0n) is 14.5. The molecule has 2 aromatic carbocycles. The van der Waals surface area contributed by atoms with Gasteiger partial charge in [0.2, 0.25) is 15.9 Å². The van der Waals surface area contributed by atoms with Gasteiger partial charge in [-0.2, -0.15) is 4.31 Å². The Morgan fingerprint density at radius 3 is 2.22 bits per heavy atom. The third-order valence-corrected chi connectivity index (χ3v) is 6.21. The molecule has 1 saturated heterocycles. The van der Waals surface area contributed by atoms with Crippen molar-refractivity contribution in [3.63, 3.8) is 0 Å². The molecule has 0 aromatic heterocycles. The van der Waals surface area contributed by atoms with Crippen LogP contribution in [-0.2, 0) is 19.6 Å². The number of ether oxygens (including phenoxy) is 1. The van der Waals surface area contributed by atoms with E-state index < -0.39 is 10.0 Å². The molecule has 0 aliphatic carbocycles. The number of hydrogen-bond acceptors (Lipinski definition) is 5. The lowest BCUT2D eigenvalue weighted by Gasteiger charge is -2.26. The van der Waals surface area contributed by atoms with E-state index >= 15 is 0 Å². The van der Waals surface area contributed by atoms with Crippen LogP contribution >= 0.6 is 11.6 Å². The maximum atomic E-state index is 12.6. The van der Waals surface area contributed by atoms with Crippen LogP contribution < -0.4 is 10.6 Å². The minimum absolute atomic E-state index is 0.0788. The summed E-state index contributed by atoms with van der Waals surface area (Å²) in [7, 11) is -3.54. The number of benzene rings is 2. The van der Waals surface area contributed by atoms with Gasteiger partial charge in [0.25, 0.3) is 0 Å². The minimum atomic E-state index is -3.54. The molecule has 0 bridgehead atoms. The average Bonchev–Trinajstić information content (AvgIpc) is 2.69. The maximum Gasteiger partial charge on any atom is 0.243 e. The van der Waals surface area contributed by atoms with Gasteiger partial charge in [0.05, 0.1) is 24.7 Å². The standard InChI is InChI=1S/C18H20ClN3O4S/c19-14-1-3-15(4-2-14)20-13-18(23)21-16-5-7-17(8-6-16)27(24,25)22-9-11-26-12-10-22/h1-8,20H,9-13H2,(H,21,23). The highest BCUT2D eigenvalue weighted by Gasteiger charge is 2.26. The van der Waals surface area contributed by atoms with Crippen LogP contribution in [0.25, 0.3) is 0 Å². The second-order valence-electron chi connectivity index (χ2n) is 5.95. The van der Waals surface area contributed by atoms with Crippen LogP contribution in [0, 0.1) is 0 Å². The smallest absolute Gasteiger partial charge is 0.243 e. The zero-order valence-corrected chi connectivity index (χ0v) is 16.1. The lowest BCUT2D eigenvalue weighted by molar-refractivity contribution is -0.114. The fourth-order valence-corrected chi connectivity index (χ4v) is 4.14. The Labute approximate surface area is 163 Å². The molecule has 1 amide bonds. The van der Waals surface area contributed by atoms with Crippen LogP contribution in [0.3, 0.4) is 0 Å². The lowest BCUT2D eigenvalue weighted by Crippen LogP contribution is -2.40. The third kappa shape index (κ3) is 5.20. The summed E-state index contributed by atoms with van der Waals surface area (Å²) in [5.41, 5.74) is 1.31. The number of carbonyl (C=O) groups is 1. The Kier molecular flexibility index (Phi) is 6.33. The molecule has 1 heterocycles. The molecule has 0 unspecified atom stereocenters. The molecule has 2 N–H and O–H groups in total. The number of nitrogens with zero attached hydrogens (tertiary/aromatic N) is 1. The molecule has 0 spiro atoms. The topological polar surface area (TPSA) is 87.7 Å². The fourth-order valence-electron chi connectivity index (χ4n) is 2.60. The SMILES string of the molecule is O=C(CNc1ccc(Cl)cc1)Nc1ccc(S(=O)(=O)N2CCOCC2)cc1. The molecule has 144 valence electrons. The third-order valence-electron chi connectivity index (χ3n) is 4.04. The van der Waals surface area contributed by atoms with Crippen LogP contribution in [0.5, 0.6) is 0 Å². The maximum absolute atomic E-state index is 12.6. The Morgan fingerprint density at radius 1 is 1.00 bits per heavy atom. The summed E-state index contributed by atoms with van der Waals surface area (Å²) >= 11 is 5.82. The Hall–Kier alpha value is -2.13. The molecule has 0 saturated carbocycles. The van der Waals surface area contributed by atoms with Gasteiger partial charge in [-0.1, -0.05) is 11.6 Å². The minimum Gasteiger partial charge on any atom is -0.379 e. The molecule has 7 nitrogen and oxygen atoms in total. The first-order valence-electron chi connectivity index (χ1n) is 8.42. The van der Waals surface area contributed by atoms with Crippen molar-refractivity contribution in [1.29, 1.82) is 0 Å². The molecule has 3 rings (SSSR count). The number of sulfonamides is 1.